The number of hydrogen-bond acceptors (Lipinski definition) is 3. The number of amides is 2. The van der Waals surface area contributed by atoms with E-state index in [1.807, 2.05) is 6.07 Å². The van der Waals surface area contributed by atoms with E-state index in [-0.39, 0.29) is 18.4 Å². The lowest BCUT2D eigenvalue weighted by Gasteiger charge is -2.19. The molecule has 0 aromatic heterocycles. The minimum Gasteiger partial charge on any atom is -0.495 e. The Morgan fingerprint density at radius 2 is 2.11 bits per heavy atom. The van der Waals surface area contributed by atoms with Crippen molar-refractivity contribution in [3.8, 4) is 5.75 Å². The number of rotatable bonds is 6. The molecule has 0 saturated carbocycles. The quantitative estimate of drug-likeness (QED) is 0.793. The number of nitrogens with zero attached hydrogens (tertiary/aromatic N) is 1. The fourth-order valence-corrected chi connectivity index (χ4v) is 1.57. The van der Waals surface area contributed by atoms with Crippen molar-refractivity contribution in [3.63, 3.8) is 0 Å². The van der Waals surface area contributed by atoms with Gasteiger partial charge < -0.3 is 15.0 Å². The van der Waals surface area contributed by atoms with Crippen LogP contribution in [0.5, 0.6) is 5.75 Å². The molecule has 102 valence electrons. The maximum absolute atomic E-state index is 11.9. The first-order valence-corrected chi connectivity index (χ1v) is 5.87. The Bertz CT molecular complexity index is 472. The molecule has 0 radical (unpaired) electrons. The van der Waals surface area contributed by atoms with E-state index in [1.54, 1.807) is 24.3 Å². The molecule has 1 rings (SSSR count). The van der Waals surface area contributed by atoms with Crippen LogP contribution in [0.3, 0.4) is 0 Å². The number of hydrogen-bond donors (Lipinski definition) is 1. The van der Waals surface area contributed by atoms with Gasteiger partial charge in [-0.3, -0.25) is 9.59 Å². The molecule has 0 fully saturated rings. The molecule has 5 nitrogen and oxygen atoms in total. The monoisotopic (exact) mass is 262 g/mol. The van der Waals surface area contributed by atoms with Crippen molar-refractivity contribution in [3.05, 3.63) is 36.9 Å². The summed E-state index contributed by atoms with van der Waals surface area (Å²) in [5.74, 6) is 0.130. The van der Waals surface area contributed by atoms with Crippen LogP contribution < -0.4 is 10.1 Å². The fourth-order valence-electron chi connectivity index (χ4n) is 1.57. The van der Waals surface area contributed by atoms with Crippen LogP contribution in [0.1, 0.15) is 6.92 Å². The Labute approximate surface area is 112 Å². The molecular weight excluding hydrogens is 244 g/mol. The topological polar surface area (TPSA) is 58.6 Å². The van der Waals surface area contributed by atoms with Crippen LogP contribution in [0.25, 0.3) is 0 Å². The summed E-state index contributed by atoms with van der Waals surface area (Å²) < 4.78 is 5.13. The van der Waals surface area contributed by atoms with Crippen molar-refractivity contribution < 1.29 is 14.3 Å². The Hall–Kier alpha value is -2.30. The van der Waals surface area contributed by atoms with Gasteiger partial charge in [-0.15, -0.1) is 6.58 Å². The van der Waals surface area contributed by atoms with Crippen molar-refractivity contribution in [1.82, 2.24) is 4.90 Å². The van der Waals surface area contributed by atoms with Crippen LogP contribution in [0.4, 0.5) is 5.69 Å². The van der Waals surface area contributed by atoms with E-state index in [0.29, 0.717) is 18.0 Å². The van der Waals surface area contributed by atoms with Crippen molar-refractivity contribution in [1.29, 1.82) is 0 Å². The summed E-state index contributed by atoms with van der Waals surface area (Å²) in [6.45, 7) is 5.30. The fraction of sp³-hybridized carbons (Fsp3) is 0.286. The molecule has 0 heterocycles. The Kier molecular flexibility index (Phi) is 5.60. The zero-order valence-electron chi connectivity index (χ0n) is 11.2. The van der Waals surface area contributed by atoms with Gasteiger partial charge >= 0.3 is 0 Å². The van der Waals surface area contributed by atoms with E-state index >= 15 is 0 Å². The van der Waals surface area contributed by atoms with Crippen LogP contribution in [0.2, 0.25) is 0 Å². The highest BCUT2D eigenvalue weighted by molar-refractivity contribution is 5.95. The molecule has 0 unspecified atom stereocenters. The maximum Gasteiger partial charge on any atom is 0.244 e. The molecule has 1 aromatic rings. The smallest absolute Gasteiger partial charge is 0.244 e. The predicted octanol–water partition coefficient (Wildman–Crippen LogP) is 1.67. The molecular formula is C14H18N2O3. The number of benzene rings is 1. The molecule has 0 saturated heterocycles. The van der Waals surface area contributed by atoms with Crippen molar-refractivity contribution in [2.45, 2.75) is 6.92 Å². The standard InChI is InChI=1S/C14H18N2O3/c1-4-9-16(11(2)17)10-14(18)15-12-7-5-6-8-13(12)19-3/h4-8H,1,9-10H2,2-3H3,(H,15,18). The molecule has 0 aliphatic rings. The van der Waals surface area contributed by atoms with Gasteiger partial charge in [-0.1, -0.05) is 18.2 Å². The lowest BCUT2D eigenvalue weighted by atomic mass is 10.3. The molecule has 19 heavy (non-hydrogen) atoms. The molecule has 0 aliphatic carbocycles. The van der Waals surface area contributed by atoms with Gasteiger partial charge in [0.2, 0.25) is 11.8 Å². The van der Waals surface area contributed by atoms with E-state index in [0.717, 1.165) is 0 Å². The summed E-state index contributed by atoms with van der Waals surface area (Å²) >= 11 is 0. The normalized spacial score (nSPS) is 9.58. The van der Waals surface area contributed by atoms with Crippen LogP contribution in [-0.4, -0.2) is 36.9 Å². The molecule has 2 amide bonds. The molecule has 0 spiro atoms. The third kappa shape index (κ3) is 4.46. The minimum atomic E-state index is -0.276. The van der Waals surface area contributed by atoms with Crippen molar-refractivity contribution in [2.24, 2.45) is 0 Å². The summed E-state index contributed by atoms with van der Waals surface area (Å²) in [5.41, 5.74) is 0.581. The molecule has 5 heteroatoms. The molecule has 0 bridgehead atoms. The summed E-state index contributed by atoms with van der Waals surface area (Å²) in [7, 11) is 1.53. The summed E-state index contributed by atoms with van der Waals surface area (Å²) in [6.07, 6.45) is 1.58. The van der Waals surface area contributed by atoms with Crippen molar-refractivity contribution in [2.75, 3.05) is 25.5 Å². The zero-order valence-corrected chi connectivity index (χ0v) is 11.2. The van der Waals surface area contributed by atoms with Gasteiger partial charge in [-0.05, 0) is 12.1 Å². The maximum atomic E-state index is 11.9. The predicted molar refractivity (Wildman–Crippen MR) is 74.1 cm³/mol. The average molecular weight is 262 g/mol. The largest absolute Gasteiger partial charge is 0.495 e. The van der Waals surface area contributed by atoms with Gasteiger partial charge in [0.05, 0.1) is 12.8 Å². The number of anilines is 1. The van der Waals surface area contributed by atoms with Crippen LogP contribution >= 0.6 is 0 Å². The SMILES string of the molecule is C=CCN(CC(=O)Nc1ccccc1OC)C(C)=O. The number of methoxy groups -OCH3 is 1. The summed E-state index contributed by atoms with van der Waals surface area (Å²) in [6, 6.07) is 7.10. The number of nitrogens with one attached hydrogen (secondary N) is 1. The van der Waals surface area contributed by atoms with E-state index in [2.05, 4.69) is 11.9 Å². The molecule has 0 atom stereocenters. The highest BCUT2D eigenvalue weighted by atomic mass is 16.5. The minimum absolute atomic E-state index is 0.0145. The average Bonchev–Trinajstić information content (AvgIpc) is 2.38. The van der Waals surface area contributed by atoms with Gasteiger partial charge in [0.25, 0.3) is 0 Å². The second-order valence-electron chi connectivity index (χ2n) is 3.94. The van der Waals surface area contributed by atoms with Gasteiger partial charge in [0.1, 0.15) is 12.3 Å². The third-order valence-corrected chi connectivity index (χ3v) is 2.51. The molecule has 0 aliphatic heterocycles. The van der Waals surface area contributed by atoms with Crippen molar-refractivity contribution >= 4 is 17.5 Å². The highest BCUT2D eigenvalue weighted by Crippen LogP contribution is 2.22. The first-order chi connectivity index (χ1) is 9.08. The first kappa shape index (κ1) is 14.8. The number of para-hydroxylation sites is 2. The molecule has 1 aromatic carbocycles. The lowest BCUT2D eigenvalue weighted by Crippen LogP contribution is -2.36. The summed E-state index contributed by atoms with van der Waals surface area (Å²) in [4.78, 5) is 24.6. The number of carbonyl (C=O) groups is 2. The van der Waals surface area contributed by atoms with Gasteiger partial charge in [-0.2, -0.15) is 0 Å². The van der Waals surface area contributed by atoms with E-state index in [4.69, 9.17) is 4.74 Å². The zero-order chi connectivity index (χ0) is 14.3. The Morgan fingerprint density at radius 3 is 2.68 bits per heavy atom. The second kappa shape index (κ2) is 7.20. The van der Waals surface area contributed by atoms with Gasteiger partial charge in [0, 0.05) is 13.5 Å². The van der Waals surface area contributed by atoms with E-state index in [9.17, 15) is 9.59 Å². The van der Waals surface area contributed by atoms with Gasteiger partial charge in [-0.25, -0.2) is 0 Å². The highest BCUT2D eigenvalue weighted by Gasteiger charge is 2.13. The van der Waals surface area contributed by atoms with Crippen LogP contribution in [0, 0.1) is 0 Å². The first-order valence-electron chi connectivity index (χ1n) is 5.87. The molecule has 1 N–H and O–H groups in total. The van der Waals surface area contributed by atoms with E-state index in [1.165, 1.54) is 18.9 Å². The van der Waals surface area contributed by atoms with Gasteiger partial charge in [0.15, 0.2) is 0 Å². The Balaban J connectivity index is 2.68. The number of carbonyl (C=O) groups excluding carboxylic acids is 2. The number of ether oxygens (including phenoxy) is 1. The second-order valence-corrected chi connectivity index (χ2v) is 3.94. The van der Waals surface area contributed by atoms with Crippen LogP contribution in [0.15, 0.2) is 36.9 Å². The van der Waals surface area contributed by atoms with E-state index < -0.39 is 0 Å². The summed E-state index contributed by atoms with van der Waals surface area (Å²) in [5, 5.41) is 2.71. The van der Waals surface area contributed by atoms with Crippen LogP contribution in [-0.2, 0) is 9.59 Å². The Morgan fingerprint density at radius 1 is 1.42 bits per heavy atom. The third-order valence-electron chi connectivity index (χ3n) is 2.51. The lowest BCUT2D eigenvalue weighted by molar-refractivity contribution is -0.132.